The molecule has 3 rings (SSSR count). The fourth-order valence-corrected chi connectivity index (χ4v) is 2.20. The zero-order chi connectivity index (χ0) is 12.4. The Morgan fingerprint density at radius 2 is 1.89 bits per heavy atom. The van der Waals surface area contributed by atoms with Crippen LogP contribution in [-0.2, 0) is 0 Å². The second kappa shape index (κ2) is 4.78. The molecule has 0 atom stereocenters. The number of hydrogen-bond acceptors (Lipinski definition) is 4. The lowest BCUT2D eigenvalue weighted by Crippen LogP contribution is -2.36. The van der Waals surface area contributed by atoms with Gasteiger partial charge in [0.1, 0.15) is 0 Å². The average Bonchev–Trinajstić information content (AvgIpc) is 2.94. The summed E-state index contributed by atoms with van der Waals surface area (Å²) in [6.45, 7) is 1.65. The number of anilines is 1. The van der Waals surface area contributed by atoms with Gasteiger partial charge < -0.3 is 15.0 Å². The van der Waals surface area contributed by atoms with E-state index in [0.717, 1.165) is 43.0 Å². The van der Waals surface area contributed by atoms with E-state index in [1.165, 1.54) is 0 Å². The molecule has 0 spiro atoms. The Morgan fingerprint density at radius 1 is 1.17 bits per heavy atom. The van der Waals surface area contributed by atoms with Crippen LogP contribution in [0.25, 0.3) is 11.1 Å². The van der Waals surface area contributed by atoms with Crippen molar-refractivity contribution in [3.05, 3.63) is 30.9 Å². The van der Waals surface area contributed by atoms with Crippen molar-refractivity contribution in [2.75, 3.05) is 18.0 Å². The zero-order valence-corrected chi connectivity index (χ0v) is 10.1. The lowest BCUT2D eigenvalue weighted by molar-refractivity contribution is 0.145. The number of aliphatic hydroxyl groups is 1. The molecule has 18 heavy (non-hydrogen) atoms. The number of aromatic nitrogens is 3. The maximum Gasteiger partial charge on any atom is 0.225 e. The molecule has 1 aliphatic rings. The summed E-state index contributed by atoms with van der Waals surface area (Å²) in [6.07, 6.45) is 8.92. The van der Waals surface area contributed by atoms with Gasteiger partial charge in [-0.05, 0) is 18.9 Å². The third-order valence-electron chi connectivity index (χ3n) is 3.32. The van der Waals surface area contributed by atoms with Gasteiger partial charge in [-0.25, -0.2) is 9.97 Å². The van der Waals surface area contributed by atoms with Crippen molar-refractivity contribution in [1.29, 1.82) is 0 Å². The molecule has 3 heterocycles. The number of rotatable bonds is 2. The van der Waals surface area contributed by atoms with Crippen LogP contribution in [0, 0.1) is 0 Å². The summed E-state index contributed by atoms with van der Waals surface area (Å²) in [6, 6.07) is 2.00. The first-order chi connectivity index (χ1) is 8.83. The first kappa shape index (κ1) is 11.2. The molecule has 2 N–H and O–H groups in total. The molecule has 0 aromatic carbocycles. The fraction of sp³-hybridized carbons (Fsp3) is 0.385. The number of aromatic amines is 1. The summed E-state index contributed by atoms with van der Waals surface area (Å²) in [4.78, 5) is 13.9. The van der Waals surface area contributed by atoms with Gasteiger partial charge >= 0.3 is 0 Å². The Bertz CT molecular complexity index is 486. The minimum Gasteiger partial charge on any atom is -0.393 e. The third-order valence-corrected chi connectivity index (χ3v) is 3.32. The first-order valence-electron chi connectivity index (χ1n) is 6.21. The SMILES string of the molecule is OC1CCN(c2ncc(-c3cc[nH]c3)cn2)CC1. The average molecular weight is 244 g/mol. The van der Waals surface area contributed by atoms with E-state index in [-0.39, 0.29) is 6.10 Å². The van der Waals surface area contributed by atoms with Crippen molar-refractivity contribution in [1.82, 2.24) is 15.0 Å². The summed E-state index contributed by atoms with van der Waals surface area (Å²) in [7, 11) is 0. The number of hydrogen-bond donors (Lipinski definition) is 2. The van der Waals surface area contributed by atoms with Gasteiger partial charge in [0.05, 0.1) is 6.10 Å². The fourth-order valence-electron chi connectivity index (χ4n) is 2.20. The van der Waals surface area contributed by atoms with Gasteiger partial charge in [0, 0.05) is 49.0 Å². The molecular formula is C13H16N4O. The van der Waals surface area contributed by atoms with Gasteiger partial charge in [-0.3, -0.25) is 0 Å². The summed E-state index contributed by atoms with van der Waals surface area (Å²) in [5.74, 6) is 0.751. The Labute approximate surface area is 106 Å². The minimum atomic E-state index is -0.166. The summed E-state index contributed by atoms with van der Waals surface area (Å²) >= 11 is 0. The summed E-state index contributed by atoms with van der Waals surface area (Å²) < 4.78 is 0. The minimum absolute atomic E-state index is 0.166. The van der Waals surface area contributed by atoms with Crippen molar-refractivity contribution >= 4 is 5.95 Å². The normalized spacial score (nSPS) is 17.1. The second-order valence-corrected chi connectivity index (χ2v) is 4.59. The Hall–Kier alpha value is -1.88. The lowest BCUT2D eigenvalue weighted by Gasteiger charge is -2.29. The first-order valence-corrected chi connectivity index (χ1v) is 6.21. The molecule has 0 radical (unpaired) electrons. The number of aliphatic hydroxyl groups excluding tert-OH is 1. The van der Waals surface area contributed by atoms with Crippen LogP contribution in [0.3, 0.4) is 0 Å². The van der Waals surface area contributed by atoms with E-state index in [2.05, 4.69) is 19.9 Å². The van der Waals surface area contributed by atoms with Crippen LogP contribution in [0.15, 0.2) is 30.9 Å². The molecule has 1 fully saturated rings. The molecule has 0 aliphatic carbocycles. The molecule has 0 bridgehead atoms. The van der Waals surface area contributed by atoms with Gasteiger partial charge in [0.15, 0.2) is 0 Å². The molecule has 5 nitrogen and oxygen atoms in total. The maximum atomic E-state index is 9.47. The van der Waals surface area contributed by atoms with Crippen LogP contribution in [0.2, 0.25) is 0 Å². The highest BCUT2D eigenvalue weighted by Gasteiger charge is 2.18. The van der Waals surface area contributed by atoms with Gasteiger partial charge in [-0.2, -0.15) is 0 Å². The molecule has 0 amide bonds. The van der Waals surface area contributed by atoms with Crippen molar-refractivity contribution in [2.45, 2.75) is 18.9 Å². The molecule has 2 aromatic rings. The second-order valence-electron chi connectivity index (χ2n) is 4.59. The van der Waals surface area contributed by atoms with Crippen LogP contribution in [-0.4, -0.2) is 39.3 Å². The van der Waals surface area contributed by atoms with Gasteiger partial charge in [-0.1, -0.05) is 0 Å². The molecule has 5 heteroatoms. The molecule has 0 saturated carbocycles. The van der Waals surface area contributed by atoms with Crippen LogP contribution in [0.4, 0.5) is 5.95 Å². The van der Waals surface area contributed by atoms with Crippen LogP contribution < -0.4 is 4.90 Å². The van der Waals surface area contributed by atoms with E-state index in [1.54, 1.807) is 0 Å². The third kappa shape index (κ3) is 2.22. The zero-order valence-electron chi connectivity index (χ0n) is 10.1. The van der Waals surface area contributed by atoms with E-state index < -0.39 is 0 Å². The predicted molar refractivity (Wildman–Crippen MR) is 69.3 cm³/mol. The Morgan fingerprint density at radius 3 is 2.50 bits per heavy atom. The molecule has 2 aromatic heterocycles. The van der Waals surface area contributed by atoms with Crippen molar-refractivity contribution in [3.63, 3.8) is 0 Å². The van der Waals surface area contributed by atoms with Gasteiger partial charge in [0.25, 0.3) is 0 Å². The van der Waals surface area contributed by atoms with Gasteiger partial charge in [-0.15, -0.1) is 0 Å². The standard InChI is InChI=1S/C13H16N4O/c18-12-2-5-17(6-3-12)13-15-8-11(9-16-13)10-1-4-14-7-10/h1,4,7-9,12,14,18H,2-3,5-6H2. The lowest BCUT2D eigenvalue weighted by atomic mass is 10.1. The van der Waals surface area contributed by atoms with E-state index in [4.69, 9.17) is 0 Å². The Kier molecular flexibility index (Phi) is 2.98. The van der Waals surface area contributed by atoms with Crippen LogP contribution in [0.5, 0.6) is 0 Å². The van der Waals surface area contributed by atoms with Crippen molar-refractivity contribution in [2.24, 2.45) is 0 Å². The Balaban J connectivity index is 1.75. The molecule has 94 valence electrons. The maximum absolute atomic E-state index is 9.47. The van der Waals surface area contributed by atoms with E-state index in [1.807, 2.05) is 30.9 Å². The van der Waals surface area contributed by atoms with Crippen molar-refractivity contribution in [3.8, 4) is 11.1 Å². The monoisotopic (exact) mass is 244 g/mol. The highest BCUT2D eigenvalue weighted by Crippen LogP contribution is 2.20. The topological polar surface area (TPSA) is 65.0 Å². The van der Waals surface area contributed by atoms with E-state index in [9.17, 15) is 5.11 Å². The van der Waals surface area contributed by atoms with E-state index >= 15 is 0 Å². The molecule has 1 aliphatic heterocycles. The highest BCUT2D eigenvalue weighted by molar-refractivity contribution is 5.61. The number of nitrogens with one attached hydrogen (secondary N) is 1. The van der Waals surface area contributed by atoms with Gasteiger partial charge in [0.2, 0.25) is 5.95 Å². The largest absolute Gasteiger partial charge is 0.393 e. The van der Waals surface area contributed by atoms with Crippen LogP contribution in [0.1, 0.15) is 12.8 Å². The number of H-pyrrole nitrogens is 1. The number of piperidine rings is 1. The van der Waals surface area contributed by atoms with Crippen LogP contribution >= 0.6 is 0 Å². The predicted octanol–water partition coefficient (Wildman–Crippen LogP) is 1.43. The molecular weight excluding hydrogens is 228 g/mol. The summed E-state index contributed by atoms with van der Waals surface area (Å²) in [5, 5.41) is 9.47. The number of nitrogens with zero attached hydrogens (tertiary/aromatic N) is 3. The smallest absolute Gasteiger partial charge is 0.225 e. The highest BCUT2D eigenvalue weighted by atomic mass is 16.3. The van der Waals surface area contributed by atoms with E-state index in [0.29, 0.717) is 0 Å². The summed E-state index contributed by atoms with van der Waals surface area (Å²) in [5.41, 5.74) is 2.10. The van der Waals surface area contributed by atoms with Crippen molar-refractivity contribution < 1.29 is 5.11 Å². The molecule has 1 saturated heterocycles. The molecule has 0 unspecified atom stereocenters. The quantitative estimate of drug-likeness (QED) is 0.838.